The van der Waals surface area contributed by atoms with Gasteiger partial charge in [0.1, 0.15) is 5.92 Å². The van der Waals surface area contributed by atoms with Crippen LogP contribution < -0.4 is 0 Å². The Bertz CT molecular complexity index is 980. The number of nitrogens with zero attached hydrogens (tertiary/aromatic N) is 2. The number of allylic oxidation sites excluding steroid dienone is 2. The Balaban J connectivity index is 1.79. The number of esters is 1. The zero-order valence-corrected chi connectivity index (χ0v) is 16.7. The first-order valence-corrected chi connectivity index (χ1v) is 10.0. The highest BCUT2D eigenvalue weighted by molar-refractivity contribution is 6.09. The molecule has 0 saturated carbocycles. The standard InChI is InChI=1S/C24H24N2O3/c1-3-29-24(28)21-15(2)26-19-12-18(16-8-5-4-6-9-16)13-20(27)23(19)22(21)17-10-7-11-25-14-17/h4-11,14,18,21-22H,3,12-13H2,1-2H3/t18-,21?,22-/m1/s1. The minimum Gasteiger partial charge on any atom is -0.465 e. The molecule has 0 bridgehead atoms. The van der Waals surface area contributed by atoms with Crippen LogP contribution in [0.2, 0.25) is 0 Å². The number of benzene rings is 1. The maximum atomic E-state index is 13.3. The molecule has 3 atom stereocenters. The van der Waals surface area contributed by atoms with Gasteiger partial charge in [-0.1, -0.05) is 36.4 Å². The molecule has 4 rings (SSSR count). The Hall–Kier alpha value is -3.08. The highest BCUT2D eigenvalue weighted by atomic mass is 16.5. The molecule has 0 N–H and O–H groups in total. The van der Waals surface area contributed by atoms with Crippen LogP contribution in [-0.2, 0) is 14.3 Å². The van der Waals surface area contributed by atoms with Gasteiger partial charge in [0, 0.05) is 41.7 Å². The van der Waals surface area contributed by atoms with Crippen LogP contribution in [0.15, 0.2) is 71.1 Å². The van der Waals surface area contributed by atoms with Gasteiger partial charge in [-0.05, 0) is 43.4 Å². The van der Waals surface area contributed by atoms with E-state index in [1.807, 2.05) is 37.3 Å². The van der Waals surface area contributed by atoms with Gasteiger partial charge in [0.05, 0.1) is 6.61 Å². The van der Waals surface area contributed by atoms with Gasteiger partial charge >= 0.3 is 5.97 Å². The first-order valence-electron chi connectivity index (χ1n) is 10.0. The Morgan fingerprint density at radius 1 is 1.10 bits per heavy atom. The number of carbonyl (C=O) groups excluding carboxylic acids is 2. The zero-order chi connectivity index (χ0) is 20.4. The molecule has 2 aromatic rings. The van der Waals surface area contributed by atoms with E-state index in [-0.39, 0.29) is 24.3 Å². The van der Waals surface area contributed by atoms with E-state index >= 15 is 0 Å². The van der Waals surface area contributed by atoms with Gasteiger partial charge in [-0.3, -0.25) is 19.6 Å². The highest BCUT2D eigenvalue weighted by Crippen LogP contribution is 2.46. The van der Waals surface area contributed by atoms with Crippen LogP contribution in [0.3, 0.4) is 0 Å². The minimum atomic E-state index is -0.602. The van der Waals surface area contributed by atoms with Crippen molar-refractivity contribution in [2.24, 2.45) is 10.9 Å². The van der Waals surface area contributed by atoms with E-state index in [0.717, 1.165) is 16.8 Å². The predicted molar refractivity (Wildman–Crippen MR) is 111 cm³/mol. The molecule has 1 aliphatic heterocycles. The highest BCUT2D eigenvalue weighted by Gasteiger charge is 2.44. The van der Waals surface area contributed by atoms with Gasteiger partial charge in [-0.2, -0.15) is 0 Å². The maximum absolute atomic E-state index is 13.3. The van der Waals surface area contributed by atoms with E-state index in [4.69, 9.17) is 9.73 Å². The monoisotopic (exact) mass is 388 g/mol. The van der Waals surface area contributed by atoms with E-state index in [9.17, 15) is 9.59 Å². The van der Waals surface area contributed by atoms with Crippen LogP contribution in [0.1, 0.15) is 49.7 Å². The van der Waals surface area contributed by atoms with E-state index in [0.29, 0.717) is 24.1 Å². The van der Waals surface area contributed by atoms with E-state index in [1.54, 1.807) is 19.3 Å². The first-order chi connectivity index (χ1) is 14.1. The summed E-state index contributed by atoms with van der Waals surface area (Å²) in [5, 5.41) is 0. The number of hydrogen-bond donors (Lipinski definition) is 0. The van der Waals surface area contributed by atoms with Crippen molar-refractivity contribution in [3.05, 3.63) is 77.3 Å². The van der Waals surface area contributed by atoms with Crippen LogP contribution >= 0.6 is 0 Å². The summed E-state index contributed by atoms with van der Waals surface area (Å²) in [6, 6.07) is 13.8. The molecule has 0 radical (unpaired) electrons. The smallest absolute Gasteiger partial charge is 0.315 e. The number of ether oxygens (including phenoxy) is 1. The number of carbonyl (C=O) groups is 2. The normalized spacial score (nSPS) is 24.0. The zero-order valence-electron chi connectivity index (χ0n) is 16.7. The lowest BCUT2D eigenvalue weighted by molar-refractivity contribution is -0.146. The van der Waals surface area contributed by atoms with Crippen LogP contribution in [0, 0.1) is 5.92 Å². The van der Waals surface area contributed by atoms with Crippen molar-refractivity contribution in [3.8, 4) is 0 Å². The second-order valence-electron chi connectivity index (χ2n) is 7.55. The molecule has 0 saturated heterocycles. The van der Waals surface area contributed by atoms with Crippen LogP contribution in [0.25, 0.3) is 0 Å². The van der Waals surface area contributed by atoms with Crippen LogP contribution in [-0.4, -0.2) is 29.1 Å². The molecule has 5 nitrogen and oxygen atoms in total. The molecule has 2 aliphatic rings. The number of rotatable bonds is 4. The average molecular weight is 388 g/mol. The van der Waals surface area contributed by atoms with Gasteiger partial charge in [0.25, 0.3) is 0 Å². The summed E-state index contributed by atoms with van der Waals surface area (Å²) in [5.41, 5.74) is 4.12. The molecule has 1 aromatic carbocycles. The number of Topliss-reactive ketones (excluding diaryl/α,β-unsaturated/α-hetero) is 1. The van der Waals surface area contributed by atoms with Crippen molar-refractivity contribution in [2.45, 2.75) is 38.5 Å². The molecular formula is C24H24N2O3. The first kappa shape index (κ1) is 19.2. The Labute approximate surface area is 170 Å². The molecule has 0 amide bonds. The van der Waals surface area contributed by atoms with Crippen molar-refractivity contribution < 1.29 is 14.3 Å². The fourth-order valence-electron chi connectivity index (χ4n) is 4.48. The quantitative estimate of drug-likeness (QED) is 0.736. The van der Waals surface area contributed by atoms with E-state index in [2.05, 4.69) is 17.1 Å². The summed E-state index contributed by atoms with van der Waals surface area (Å²) in [5.74, 6) is -1.19. The number of hydrogen-bond acceptors (Lipinski definition) is 5. The lowest BCUT2D eigenvalue weighted by atomic mass is 9.69. The largest absolute Gasteiger partial charge is 0.465 e. The predicted octanol–water partition coefficient (Wildman–Crippen LogP) is 4.22. The van der Waals surface area contributed by atoms with E-state index in [1.165, 1.54) is 0 Å². The molecule has 0 spiro atoms. The van der Waals surface area contributed by atoms with Crippen molar-refractivity contribution in [2.75, 3.05) is 6.61 Å². The van der Waals surface area contributed by atoms with Gasteiger partial charge in [0.15, 0.2) is 5.78 Å². The number of pyridine rings is 1. The van der Waals surface area contributed by atoms with Gasteiger partial charge in [-0.25, -0.2) is 0 Å². The summed E-state index contributed by atoms with van der Waals surface area (Å²) in [6.07, 6.45) is 4.53. The van der Waals surface area contributed by atoms with E-state index < -0.39 is 11.8 Å². The Kier molecular flexibility index (Phi) is 5.38. The molecule has 5 heteroatoms. The fourth-order valence-corrected chi connectivity index (χ4v) is 4.48. The summed E-state index contributed by atoms with van der Waals surface area (Å²) in [4.78, 5) is 35.1. The summed E-state index contributed by atoms with van der Waals surface area (Å²) < 4.78 is 5.33. The van der Waals surface area contributed by atoms with Crippen molar-refractivity contribution >= 4 is 17.5 Å². The number of ketones is 1. The lowest BCUT2D eigenvalue weighted by Gasteiger charge is -2.36. The lowest BCUT2D eigenvalue weighted by Crippen LogP contribution is -2.38. The summed E-state index contributed by atoms with van der Waals surface area (Å²) in [6.45, 7) is 3.93. The van der Waals surface area contributed by atoms with Gasteiger partial charge < -0.3 is 4.74 Å². The van der Waals surface area contributed by atoms with Crippen molar-refractivity contribution in [1.82, 2.24) is 4.98 Å². The maximum Gasteiger partial charge on any atom is 0.315 e. The molecule has 0 fully saturated rings. The molecule has 29 heavy (non-hydrogen) atoms. The van der Waals surface area contributed by atoms with Gasteiger partial charge in [-0.15, -0.1) is 0 Å². The second-order valence-corrected chi connectivity index (χ2v) is 7.55. The molecule has 1 unspecified atom stereocenters. The topological polar surface area (TPSA) is 68.6 Å². The minimum absolute atomic E-state index is 0.0551. The average Bonchev–Trinajstić information content (AvgIpc) is 2.74. The van der Waals surface area contributed by atoms with Crippen LogP contribution in [0.5, 0.6) is 0 Å². The SMILES string of the molecule is CCOC(=O)C1C(C)=NC2=C(C(=O)C[C@H](c3ccccc3)C2)[C@@H]1c1cccnc1. The summed E-state index contributed by atoms with van der Waals surface area (Å²) in [7, 11) is 0. The third-order valence-electron chi connectivity index (χ3n) is 5.74. The molecular weight excluding hydrogens is 364 g/mol. The van der Waals surface area contributed by atoms with Crippen molar-refractivity contribution in [1.29, 1.82) is 0 Å². The summed E-state index contributed by atoms with van der Waals surface area (Å²) >= 11 is 0. The second kappa shape index (κ2) is 8.11. The third-order valence-corrected chi connectivity index (χ3v) is 5.74. The number of aromatic nitrogens is 1. The molecule has 1 aromatic heterocycles. The Morgan fingerprint density at radius 3 is 2.55 bits per heavy atom. The molecule has 2 heterocycles. The third kappa shape index (κ3) is 3.65. The molecule has 148 valence electrons. The Morgan fingerprint density at radius 2 is 1.86 bits per heavy atom. The van der Waals surface area contributed by atoms with Gasteiger partial charge in [0.2, 0.25) is 0 Å². The fraction of sp³-hybridized carbons (Fsp3) is 0.333. The van der Waals surface area contributed by atoms with Crippen molar-refractivity contribution in [3.63, 3.8) is 0 Å². The number of aliphatic imine (C=N–C) groups is 1. The van der Waals surface area contributed by atoms with Crippen LogP contribution in [0.4, 0.5) is 0 Å². The molecule has 1 aliphatic carbocycles.